The summed E-state index contributed by atoms with van der Waals surface area (Å²) in [6.45, 7) is 5.36. The van der Waals surface area contributed by atoms with Gasteiger partial charge in [0.1, 0.15) is 0 Å². The van der Waals surface area contributed by atoms with Crippen LogP contribution in [0.2, 0.25) is 5.02 Å². The molecule has 1 N–H and O–H groups in total. The summed E-state index contributed by atoms with van der Waals surface area (Å²) in [6, 6.07) is 14.4. The summed E-state index contributed by atoms with van der Waals surface area (Å²) in [4.78, 5) is 35.2. The zero-order chi connectivity index (χ0) is 24.0. The molecule has 8 heteroatoms. The van der Waals surface area contributed by atoms with Gasteiger partial charge in [0, 0.05) is 27.7 Å². The third kappa shape index (κ3) is 3.91. The number of rotatable bonds is 4. The number of hydrogen-bond donors (Lipinski definition) is 1. The van der Waals surface area contributed by atoms with Crippen LogP contribution in [-0.4, -0.2) is 21.6 Å². The molecule has 0 fully saturated rings. The summed E-state index contributed by atoms with van der Waals surface area (Å²) in [6.07, 6.45) is 3.45. The first kappa shape index (κ1) is 22.4. The highest BCUT2D eigenvalue weighted by atomic mass is 35.5. The highest BCUT2D eigenvalue weighted by Crippen LogP contribution is 2.31. The van der Waals surface area contributed by atoms with Gasteiger partial charge in [0.15, 0.2) is 4.80 Å². The van der Waals surface area contributed by atoms with Crippen molar-refractivity contribution < 1.29 is 9.53 Å². The van der Waals surface area contributed by atoms with E-state index in [-0.39, 0.29) is 11.7 Å². The van der Waals surface area contributed by atoms with E-state index in [9.17, 15) is 9.59 Å². The Bertz CT molecular complexity index is 1620. The molecule has 3 heterocycles. The Hall–Kier alpha value is -3.42. The van der Waals surface area contributed by atoms with Gasteiger partial charge in [-0.25, -0.2) is 9.79 Å². The molecule has 0 unspecified atom stereocenters. The zero-order valence-corrected chi connectivity index (χ0v) is 20.4. The summed E-state index contributed by atoms with van der Waals surface area (Å²) in [5.41, 5.74) is 3.34. The van der Waals surface area contributed by atoms with Crippen molar-refractivity contribution in [2.75, 3.05) is 0 Å². The summed E-state index contributed by atoms with van der Waals surface area (Å²) in [5.74, 6) is -0.484. The predicted octanol–water partition coefficient (Wildman–Crippen LogP) is 4.32. The second kappa shape index (κ2) is 8.74. The summed E-state index contributed by atoms with van der Waals surface area (Å²) in [5, 5.41) is 1.60. The van der Waals surface area contributed by atoms with Gasteiger partial charge in [0.05, 0.1) is 27.9 Å². The number of para-hydroxylation sites is 1. The number of fused-ring (bicyclic) bond motifs is 2. The topological polar surface area (TPSA) is 76.5 Å². The molecule has 2 aromatic carbocycles. The molecule has 6 nitrogen and oxygen atoms in total. The maximum absolute atomic E-state index is 13.7. The highest BCUT2D eigenvalue weighted by Gasteiger charge is 2.33. The Morgan fingerprint density at radius 3 is 2.68 bits per heavy atom. The van der Waals surface area contributed by atoms with E-state index in [0.717, 1.165) is 22.0 Å². The van der Waals surface area contributed by atoms with Gasteiger partial charge in [0.25, 0.3) is 5.56 Å². The lowest BCUT2D eigenvalue weighted by molar-refractivity contribution is -0.143. The number of benzene rings is 2. The lowest BCUT2D eigenvalue weighted by Crippen LogP contribution is -2.40. The molecule has 2 aromatic heterocycles. The van der Waals surface area contributed by atoms with Crippen molar-refractivity contribution in [2.45, 2.75) is 32.9 Å². The second-order valence-corrected chi connectivity index (χ2v) is 9.82. The predicted molar refractivity (Wildman–Crippen MR) is 135 cm³/mol. The van der Waals surface area contributed by atoms with Crippen molar-refractivity contribution in [1.82, 2.24) is 9.55 Å². The lowest BCUT2D eigenvalue weighted by Gasteiger charge is -2.25. The van der Waals surface area contributed by atoms with Crippen LogP contribution >= 0.6 is 22.9 Å². The van der Waals surface area contributed by atoms with Gasteiger partial charge in [-0.1, -0.05) is 53.3 Å². The van der Waals surface area contributed by atoms with Crippen LogP contribution in [-0.2, 0) is 9.53 Å². The molecule has 0 saturated heterocycles. The van der Waals surface area contributed by atoms with Crippen LogP contribution in [0.3, 0.4) is 0 Å². The Labute approximate surface area is 204 Å². The van der Waals surface area contributed by atoms with E-state index >= 15 is 0 Å². The number of allylic oxidation sites excluding steroid dienone is 1. The van der Waals surface area contributed by atoms with Crippen molar-refractivity contribution in [2.24, 2.45) is 4.99 Å². The van der Waals surface area contributed by atoms with Crippen LogP contribution in [0.25, 0.3) is 17.0 Å². The second-order valence-electron chi connectivity index (χ2n) is 8.38. The van der Waals surface area contributed by atoms with Gasteiger partial charge in [-0.3, -0.25) is 9.36 Å². The smallest absolute Gasteiger partial charge is 0.338 e. The number of carbonyl (C=O) groups is 1. The molecule has 0 radical (unpaired) electrons. The normalized spacial score (nSPS) is 16.1. The quantitative estimate of drug-likeness (QED) is 0.432. The van der Waals surface area contributed by atoms with Crippen molar-refractivity contribution >= 4 is 45.9 Å². The van der Waals surface area contributed by atoms with E-state index in [0.29, 0.717) is 25.6 Å². The number of halogens is 1. The standard InChI is InChI=1S/C26H22ClN3O3S/c1-14(2)33-25(32)22-15(3)29-26-30(23(22)16-8-10-18(27)11-9-16)24(31)21(34-26)12-17-13-28-20-7-5-4-6-19(17)20/h4-14,23,28H,1-3H3/b21-12-/t23-/m1/s1. The number of aromatic amines is 1. The third-order valence-electron chi connectivity index (χ3n) is 5.68. The van der Waals surface area contributed by atoms with E-state index < -0.39 is 12.0 Å². The molecule has 34 heavy (non-hydrogen) atoms. The number of thiazole rings is 1. The van der Waals surface area contributed by atoms with Crippen LogP contribution in [0.15, 0.2) is 75.8 Å². The highest BCUT2D eigenvalue weighted by molar-refractivity contribution is 7.07. The molecular formula is C26H22ClN3O3S. The van der Waals surface area contributed by atoms with Crippen LogP contribution in [0, 0.1) is 0 Å². The van der Waals surface area contributed by atoms with Gasteiger partial charge in [-0.2, -0.15) is 0 Å². The number of esters is 1. The first-order valence-electron chi connectivity index (χ1n) is 10.9. The Balaban J connectivity index is 1.73. The molecule has 0 saturated carbocycles. The number of carbonyl (C=O) groups excluding carboxylic acids is 1. The van der Waals surface area contributed by atoms with Gasteiger partial charge in [-0.05, 0) is 50.6 Å². The van der Waals surface area contributed by atoms with Crippen molar-refractivity contribution in [3.63, 3.8) is 0 Å². The minimum absolute atomic E-state index is 0.212. The zero-order valence-electron chi connectivity index (χ0n) is 18.8. The molecule has 0 bridgehead atoms. The van der Waals surface area contributed by atoms with Crippen molar-refractivity contribution in [1.29, 1.82) is 0 Å². The first-order chi connectivity index (χ1) is 16.3. The maximum Gasteiger partial charge on any atom is 0.338 e. The monoisotopic (exact) mass is 491 g/mol. The maximum atomic E-state index is 13.7. The lowest BCUT2D eigenvalue weighted by atomic mass is 9.96. The summed E-state index contributed by atoms with van der Waals surface area (Å²) < 4.78 is 7.64. The number of nitrogens with zero attached hydrogens (tertiary/aromatic N) is 2. The van der Waals surface area contributed by atoms with Crippen LogP contribution in [0.4, 0.5) is 0 Å². The van der Waals surface area contributed by atoms with Gasteiger partial charge >= 0.3 is 5.97 Å². The van der Waals surface area contributed by atoms with Crippen molar-refractivity contribution in [3.05, 3.63) is 102 Å². The van der Waals surface area contributed by atoms with Crippen LogP contribution in [0.1, 0.15) is 37.9 Å². The fourth-order valence-corrected chi connectivity index (χ4v) is 5.34. The molecule has 0 amide bonds. The van der Waals surface area contributed by atoms with E-state index in [1.165, 1.54) is 11.3 Å². The van der Waals surface area contributed by atoms with E-state index in [1.807, 2.05) is 48.7 Å². The summed E-state index contributed by atoms with van der Waals surface area (Å²) in [7, 11) is 0. The minimum Gasteiger partial charge on any atom is -0.459 e. The Morgan fingerprint density at radius 2 is 1.94 bits per heavy atom. The number of hydrogen-bond acceptors (Lipinski definition) is 5. The average Bonchev–Trinajstić information content (AvgIpc) is 3.34. The molecule has 1 aliphatic rings. The molecule has 5 rings (SSSR count). The first-order valence-corrected chi connectivity index (χ1v) is 12.1. The van der Waals surface area contributed by atoms with Gasteiger partial charge in [-0.15, -0.1) is 0 Å². The number of nitrogens with one attached hydrogen (secondary N) is 1. The minimum atomic E-state index is -0.662. The fraction of sp³-hybridized carbons (Fsp3) is 0.192. The Morgan fingerprint density at radius 1 is 1.21 bits per heavy atom. The van der Waals surface area contributed by atoms with E-state index in [4.69, 9.17) is 16.3 Å². The Kier molecular flexibility index (Phi) is 5.75. The van der Waals surface area contributed by atoms with Crippen molar-refractivity contribution in [3.8, 4) is 0 Å². The molecule has 172 valence electrons. The number of ether oxygens (including phenoxy) is 1. The average molecular weight is 492 g/mol. The number of aromatic nitrogens is 2. The van der Waals surface area contributed by atoms with Gasteiger partial charge in [0.2, 0.25) is 0 Å². The van der Waals surface area contributed by atoms with E-state index in [1.54, 1.807) is 37.5 Å². The fourth-order valence-electron chi connectivity index (χ4n) is 4.18. The van der Waals surface area contributed by atoms with E-state index in [2.05, 4.69) is 9.98 Å². The third-order valence-corrected chi connectivity index (χ3v) is 6.91. The molecule has 0 spiro atoms. The molecule has 0 aliphatic carbocycles. The largest absolute Gasteiger partial charge is 0.459 e. The molecular weight excluding hydrogens is 470 g/mol. The number of H-pyrrole nitrogens is 1. The SMILES string of the molecule is CC1=C(C(=O)OC(C)C)[C@@H](c2ccc(Cl)cc2)n2c(s/c(=C\c3c[nH]c4ccccc34)c2=O)=N1. The van der Waals surface area contributed by atoms with Gasteiger partial charge < -0.3 is 9.72 Å². The molecule has 4 aromatic rings. The molecule has 1 aliphatic heterocycles. The molecule has 1 atom stereocenters. The van der Waals surface area contributed by atoms with Crippen LogP contribution < -0.4 is 14.9 Å². The van der Waals surface area contributed by atoms with Crippen LogP contribution in [0.5, 0.6) is 0 Å². The summed E-state index contributed by atoms with van der Waals surface area (Å²) >= 11 is 7.42.